The molecule has 0 saturated heterocycles. The second-order valence-corrected chi connectivity index (χ2v) is 7.51. The summed E-state index contributed by atoms with van der Waals surface area (Å²) in [6.07, 6.45) is -8.15. The summed E-state index contributed by atoms with van der Waals surface area (Å²) in [7, 11) is 1.20. The van der Waals surface area contributed by atoms with Crippen molar-refractivity contribution in [3.8, 4) is 0 Å². The third-order valence-electron chi connectivity index (χ3n) is 5.47. The van der Waals surface area contributed by atoms with Crippen LogP contribution in [0.3, 0.4) is 0 Å². The lowest BCUT2D eigenvalue weighted by Crippen LogP contribution is -2.69. The van der Waals surface area contributed by atoms with Crippen molar-refractivity contribution in [2.24, 2.45) is 0 Å². The third-order valence-corrected chi connectivity index (χ3v) is 5.47. The molecule has 1 aliphatic rings. The Balaban J connectivity index is 2.91. The van der Waals surface area contributed by atoms with E-state index in [0.717, 1.165) is 0 Å². The van der Waals surface area contributed by atoms with Gasteiger partial charge in [-0.1, -0.05) is 0 Å². The Labute approximate surface area is 192 Å². The largest absolute Gasteiger partial charge is 0.465 e. The monoisotopic (exact) mass is 552 g/mol. The van der Waals surface area contributed by atoms with Gasteiger partial charge in [0.15, 0.2) is 0 Å². The number of hydrogen-bond donors (Lipinski definition) is 0. The fraction of sp³-hybridized carbons (Fsp3) is 0.579. The van der Waals surface area contributed by atoms with Crippen molar-refractivity contribution in [1.29, 1.82) is 0 Å². The number of halogens is 13. The first-order chi connectivity index (χ1) is 16.1. The minimum atomic E-state index is -8.11. The van der Waals surface area contributed by atoms with Gasteiger partial charge in [0, 0.05) is 5.56 Å². The number of rotatable bonds is 7. The lowest BCUT2D eigenvalue weighted by Gasteiger charge is -2.40. The predicted molar refractivity (Wildman–Crippen MR) is 90.9 cm³/mol. The second-order valence-electron chi connectivity index (χ2n) is 7.51. The molecule has 2 rings (SSSR count). The number of ether oxygens (including phenoxy) is 2. The van der Waals surface area contributed by atoms with Crippen LogP contribution < -0.4 is 0 Å². The van der Waals surface area contributed by atoms with Crippen LogP contribution in [0.4, 0.5) is 57.1 Å². The standard InChI is InChI=1S/C19H13F13O4/c1-35-12(33)9-6-10(11(13(34)36-2)8-5-3-4-7(8)9)14(20,21)15(22,23)16(24,25)17(26,27)18(28,29)19(30,31)32/h6H,3-5H2,1-2H3. The molecule has 0 saturated carbocycles. The van der Waals surface area contributed by atoms with Gasteiger partial charge < -0.3 is 9.47 Å². The van der Waals surface area contributed by atoms with Crippen LogP contribution in [0.2, 0.25) is 0 Å². The van der Waals surface area contributed by atoms with E-state index < -0.39 is 76.4 Å². The Hall–Kier alpha value is -2.75. The van der Waals surface area contributed by atoms with Gasteiger partial charge in [-0.25, -0.2) is 9.59 Å². The second kappa shape index (κ2) is 8.68. The van der Waals surface area contributed by atoms with Gasteiger partial charge in [0.2, 0.25) is 0 Å². The van der Waals surface area contributed by atoms with Gasteiger partial charge in [0.1, 0.15) is 0 Å². The molecule has 0 aliphatic heterocycles. The van der Waals surface area contributed by atoms with Crippen LogP contribution in [0.25, 0.3) is 0 Å². The zero-order chi connectivity index (χ0) is 28.3. The molecule has 0 N–H and O–H groups in total. The molecular weight excluding hydrogens is 539 g/mol. The first-order valence-electron chi connectivity index (χ1n) is 9.37. The molecule has 0 amide bonds. The van der Waals surface area contributed by atoms with Gasteiger partial charge >= 0.3 is 47.7 Å². The molecule has 4 nitrogen and oxygen atoms in total. The van der Waals surface area contributed by atoms with Gasteiger partial charge in [-0.15, -0.1) is 0 Å². The Bertz CT molecular complexity index is 1060. The van der Waals surface area contributed by atoms with Crippen molar-refractivity contribution in [3.63, 3.8) is 0 Å². The Kier molecular flexibility index (Phi) is 7.10. The predicted octanol–water partition coefficient (Wildman–Crippen LogP) is 5.94. The third kappa shape index (κ3) is 3.84. The molecular formula is C19H13F13O4. The van der Waals surface area contributed by atoms with Gasteiger partial charge in [-0.2, -0.15) is 57.1 Å². The van der Waals surface area contributed by atoms with Crippen LogP contribution in [0, 0.1) is 0 Å². The zero-order valence-corrected chi connectivity index (χ0v) is 17.7. The number of alkyl halides is 13. The molecule has 1 aromatic carbocycles. The zero-order valence-electron chi connectivity index (χ0n) is 17.7. The van der Waals surface area contributed by atoms with Crippen LogP contribution in [-0.4, -0.2) is 56.0 Å². The van der Waals surface area contributed by atoms with E-state index in [-0.39, 0.29) is 24.5 Å². The van der Waals surface area contributed by atoms with Crippen molar-refractivity contribution >= 4 is 11.9 Å². The smallest absolute Gasteiger partial charge is 0.460 e. The molecule has 1 aliphatic carbocycles. The molecule has 1 aromatic rings. The fourth-order valence-corrected chi connectivity index (χ4v) is 3.60. The minimum absolute atomic E-state index is 0.0131. The quantitative estimate of drug-likeness (QED) is 0.310. The molecule has 0 unspecified atom stereocenters. The minimum Gasteiger partial charge on any atom is -0.465 e. The van der Waals surface area contributed by atoms with E-state index in [1.807, 2.05) is 0 Å². The van der Waals surface area contributed by atoms with Crippen LogP contribution in [0.1, 0.15) is 43.8 Å². The maximum atomic E-state index is 15.0. The van der Waals surface area contributed by atoms with E-state index in [1.54, 1.807) is 0 Å². The molecule has 0 atom stereocenters. The van der Waals surface area contributed by atoms with Crippen molar-refractivity contribution in [2.45, 2.75) is 55.1 Å². The number of hydrogen-bond acceptors (Lipinski definition) is 4. The van der Waals surface area contributed by atoms with Crippen LogP contribution in [-0.2, 0) is 28.2 Å². The molecule has 0 radical (unpaired) electrons. The van der Waals surface area contributed by atoms with Gasteiger partial charge in [0.25, 0.3) is 0 Å². The molecule has 17 heteroatoms. The van der Waals surface area contributed by atoms with E-state index >= 15 is 0 Å². The van der Waals surface area contributed by atoms with Gasteiger partial charge in [-0.05, 0) is 36.5 Å². The van der Waals surface area contributed by atoms with Crippen LogP contribution >= 0.6 is 0 Å². The SMILES string of the molecule is COC(=O)c1cc(C(F)(F)C(F)(F)C(F)(F)C(F)(F)C(F)(F)C(F)(F)F)c(C(=O)OC)c2c1CCC2. The summed E-state index contributed by atoms with van der Waals surface area (Å²) in [5.74, 6) is -41.9. The van der Waals surface area contributed by atoms with Gasteiger partial charge in [0.05, 0.1) is 25.3 Å². The molecule has 0 bridgehead atoms. The van der Waals surface area contributed by atoms with E-state index in [1.165, 1.54) is 0 Å². The highest BCUT2D eigenvalue weighted by atomic mass is 19.4. The van der Waals surface area contributed by atoms with E-state index in [0.29, 0.717) is 14.2 Å². The Morgan fingerprint density at radius 3 is 1.56 bits per heavy atom. The van der Waals surface area contributed by atoms with Crippen LogP contribution in [0.5, 0.6) is 0 Å². The number of carbonyl (C=O) groups excluding carboxylic acids is 2. The maximum Gasteiger partial charge on any atom is 0.460 e. The average molecular weight is 552 g/mol. The van der Waals surface area contributed by atoms with E-state index in [2.05, 4.69) is 9.47 Å². The lowest BCUT2D eigenvalue weighted by molar-refractivity contribution is -0.441. The number of benzene rings is 1. The highest BCUT2D eigenvalue weighted by Gasteiger charge is 2.91. The topological polar surface area (TPSA) is 52.6 Å². The summed E-state index contributed by atoms with van der Waals surface area (Å²) in [4.78, 5) is 24.1. The summed E-state index contributed by atoms with van der Waals surface area (Å²) >= 11 is 0. The molecule has 36 heavy (non-hydrogen) atoms. The summed E-state index contributed by atoms with van der Waals surface area (Å²) in [6, 6.07) is -0.285. The first kappa shape index (κ1) is 29.5. The first-order valence-corrected chi connectivity index (χ1v) is 9.37. The number of esters is 2. The molecule has 0 spiro atoms. The molecule has 204 valence electrons. The fourth-order valence-electron chi connectivity index (χ4n) is 3.60. The Morgan fingerprint density at radius 2 is 1.11 bits per heavy atom. The Morgan fingerprint density at radius 1 is 0.667 bits per heavy atom. The van der Waals surface area contributed by atoms with Crippen molar-refractivity contribution in [1.82, 2.24) is 0 Å². The lowest BCUT2D eigenvalue weighted by atomic mass is 9.84. The summed E-state index contributed by atoms with van der Waals surface area (Å²) in [5.41, 5.74) is -5.98. The summed E-state index contributed by atoms with van der Waals surface area (Å²) in [5, 5.41) is 0. The average Bonchev–Trinajstić information content (AvgIpc) is 3.25. The van der Waals surface area contributed by atoms with Crippen LogP contribution in [0.15, 0.2) is 6.07 Å². The maximum absolute atomic E-state index is 15.0. The van der Waals surface area contributed by atoms with Crippen molar-refractivity contribution < 1.29 is 76.1 Å². The highest BCUT2D eigenvalue weighted by molar-refractivity contribution is 5.98. The van der Waals surface area contributed by atoms with Gasteiger partial charge in [-0.3, -0.25) is 0 Å². The van der Waals surface area contributed by atoms with E-state index in [9.17, 15) is 66.7 Å². The summed E-state index contributed by atoms with van der Waals surface area (Å²) < 4.78 is 186. The number of methoxy groups -OCH3 is 2. The highest BCUT2D eigenvalue weighted by Crippen LogP contribution is 2.62. The van der Waals surface area contributed by atoms with Crippen molar-refractivity contribution in [2.75, 3.05) is 14.2 Å². The molecule has 0 fully saturated rings. The normalized spacial score (nSPS) is 15.5. The summed E-state index contributed by atoms with van der Waals surface area (Å²) in [6.45, 7) is 0. The number of carbonyl (C=O) groups is 2. The molecule has 0 aromatic heterocycles. The van der Waals surface area contributed by atoms with E-state index in [4.69, 9.17) is 0 Å². The number of fused-ring (bicyclic) bond motifs is 1. The van der Waals surface area contributed by atoms with Crippen molar-refractivity contribution in [3.05, 3.63) is 33.9 Å². The molecule has 0 heterocycles.